The lowest BCUT2D eigenvalue weighted by atomic mass is 10.4. The van der Waals surface area contributed by atoms with Crippen molar-refractivity contribution >= 4 is 22.9 Å². The van der Waals surface area contributed by atoms with E-state index in [0.29, 0.717) is 16.3 Å². The number of anilines is 1. The summed E-state index contributed by atoms with van der Waals surface area (Å²) >= 11 is 1.34. The van der Waals surface area contributed by atoms with E-state index in [1.54, 1.807) is 30.9 Å². The molecular weight excluding hydrogens is 214 g/mol. The number of aromatic nitrogens is 2. The maximum absolute atomic E-state index is 11.6. The Kier molecular flexibility index (Phi) is 2.68. The molecule has 78 valence electrons. The summed E-state index contributed by atoms with van der Waals surface area (Å²) in [6, 6.07) is 1.69. The fourth-order valence-corrected chi connectivity index (χ4v) is 1.81. The van der Waals surface area contributed by atoms with Gasteiger partial charge in [0.05, 0.1) is 23.9 Å². The monoisotopic (exact) mass is 223 g/mol. The third-order valence-electron chi connectivity index (χ3n) is 1.79. The van der Waals surface area contributed by atoms with E-state index in [4.69, 9.17) is 4.74 Å². The smallest absolute Gasteiger partial charge is 0.265 e. The number of methoxy groups -OCH3 is 1. The molecule has 0 atom stereocenters. The molecule has 0 radical (unpaired) electrons. The molecule has 2 N–H and O–H groups in total. The Morgan fingerprint density at radius 2 is 2.53 bits per heavy atom. The van der Waals surface area contributed by atoms with Crippen LogP contribution in [0.25, 0.3) is 0 Å². The molecule has 0 fully saturated rings. The van der Waals surface area contributed by atoms with Gasteiger partial charge in [0.2, 0.25) is 0 Å². The molecule has 2 rings (SSSR count). The molecule has 1 amide bonds. The average molecular weight is 223 g/mol. The number of nitrogens with one attached hydrogen (secondary N) is 2. The third kappa shape index (κ3) is 2.16. The van der Waals surface area contributed by atoms with Crippen molar-refractivity contribution in [1.82, 2.24) is 10.2 Å². The fourth-order valence-electron chi connectivity index (χ4n) is 1.06. The minimum absolute atomic E-state index is 0.162. The lowest BCUT2D eigenvalue weighted by Crippen LogP contribution is -2.09. The molecule has 0 saturated heterocycles. The number of hydrogen-bond donors (Lipinski definition) is 2. The lowest BCUT2D eigenvalue weighted by Gasteiger charge is -1.97. The molecule has 0 unspecified atom stereocenters. The summed E-state index contributed by atoms with van der Waals surface area (Å²) in [6.07, 6.45) is 3.16. The number of rotatable bonds is 3. The van der Waals surface area contributed by atoms with Gasteiger partial charge in [-0.1, -0.05) is 0 Å². The molecule has 0 saturated carbocycles. The molecule has 6 heteroatoms. The van der Waals surface area contributed by atoms with E-state index in [1.165, 1.54) is 11.3 Å². The third-order valence-corrected chi connectivity index (χ3v) is 2.70. The van der Waals surface area contributed by atoms with Crippen LogP contribution >= 0.6 is 11.3 Å². The second-order valence-corrected chi connectivity index (χ2v) is 3.70. The van der Waals surface area contributed by atoms with Crippen molar-refractivity contribution in [2.24, 2.45) is 0 Å². The highest BCUT2D eigenvalue weighted by Crippen LogP contribution is 2.21. The number of thiophene rings is 1. The molecular formula is C9H9N3O2S. The van der Waals surface area contributed by atoms with Crippen LogP contribution in [0.2, 0.25) is 0 Å². The SMILES string of the molecule is COc1csc(C(=O)Nc2cn[nH]c2)c1. The van der Waals surface area contributed by atoms with Crippen LogP contribution in [0.4, 0.5) is 5.69 Å². The standard InChI is InChI=1S/C9H9N3O2S/c1-14-7-2-8(15-5-7)9(13)12-6-3-10-11-4-6/h2-5H,1H3,(H,10,11)(H,12,13). The van der Waals surface area contributed by atoms with E-state index in [0.717, 1.165) is 0 Å². The Morgan fingerprint density at radius 1 is 1.67 bits per heavy atom. The summed E-state index contributed by atoms with van der Waals surface area (Å²) in [5.41, 5.74) is 0.646. The number of aromatic amines is 1. The van der Waals surface area contributed by atoms with E-state index < -0.39 is 0 Å². The van der Waals surface area contributed by atoms with E-state index in [1.807, 2.05) is 0 Å². The molecule has 0 bridgehead atoms. The zero-order valence-corrected chi connectivity index (χ0v) is 8.80. The summed E-state index contributed by atoms with van der Waals surface area (Å²) < 4.78 is 4.99. The summed E-state index contributed by atoms with van der Waals surface area (Å²) in [5.74, 6) is 0.530. The van der Waals surface area contributed by atoms with Crippen LogP contribution in [-0.4, -0.2) is 23.2 Å². The Hall–Kier alpha value is -1.82. The summed E-state index contributed by atoms with van der Waals surface area (Å²) in [6.45, 7) is 0. The number of H-pyrrole nitrogens is 1. The highest BCUT2D eigenvalue weighted by Gasteiger charge is 2.09. The van der Waals surface area contributed by atoms with Gasteiger partial charge in [0.25, 0.3) is 5.91 Å². The number of nitrogens with zero attached hydrogens (tertiary/aromatic N) is 1. The predicted octanol–water partition coefficient (Wildman–Crippen LogP) is 1.73. The van der Waals surface area contributed by atoms with E-state index in [9.17, 15) is 4.79 Å². The first-order chi connectivity index (χ1) is 7.29. The molecule has 0 aromatic carbocycles. The molecule has 5 nitrogen and oxygen atoms in total. The molecule has 2 aromatic heterocycles. The lowest BCUT2D eigenvalue weighted by molar-refractivity contribution is 0.103. The average Bonchev–Trinajstić information content (AvgIpc) is 2.86. The summed E-state index contributed by atoms with van der Waals surface area (Å²) in [5, 5.41) is 10.8. The Bertz CT molecular complexity index is 450. The van der Waals surface area contributed by atoms with Gasteiger partial charge in [-0.05, 0) is 0 Å². The summed E-state index contributed by atoms with van der Waals surface area (Å²) in [4.78, 5) is 12.2. The Balaban J connectivity index is 2.08. The van der Waals surface area contributed by atoms with Gasteiger partial charge < -0.3 is 10.1 Å². The second-order valence-electron chi connectivity index (χ2n) is 2.79. The number of ether oxygens (including phenoxy) is 1. The van der Waals surface area contributed by atoms with Crippen molar-refractivity contribution in [2.45, 2.75) is 0 Å². The maximum atomic E-state index is 11.6. The molecule has 0 spiro atoms. The molecule has 2 heterocycles. The largest absolute Gasteiger partial charge is 0.496 e. The van der Waals surface area contributed by atoms with Gasteiger partial charge in [-0.2, -0.15) is 5.10 Å². The zero-order chi connectivity index (χ0) is 10.7. The number of carbonyl (C=O) groups excluding carboxylic acids is 1. The van der Waals surface area contributed by atoms with E-state index in [2.05, 4.69) is 15.5 Å². The molecule has 15 heavy (non-hydrogen) atoms. The van der Waals surface area contributed by atoms with Gasteiger partial charge in [-0.15, -0.1) is 11.3 Å². The minimum atomic E-state index is -0.162. The normalized spacial score (nSPS) is 9.93. The highest BCUT2D eigenvalue weighted by atomic mass is 32.1. The van der Waals surface area contributed by atoms with Gasteiger partial charge in [-0.25, -0.2) is 0 Å². The number of carbonyl (C=O) groups is 1. The van der Waals surface area contributed by atoms with Crippen LogP contribution < -0.4 is 10.1 Å². The van der Waals surface area contributed by atoms with Crippen LogP contribution in [-0.2, 0) is 0 Å². The van der Waals surface area contributed by atoms with Gasteiger partial charge in [0.1, 0.15) is 5.75 Å². The molecule has 2 aromatic rings. The highest BCUT2D eigenvalue weighted by molar-refractivity contribution is 7.12. The Labute approximate surface area is 90.1 Å². The van der Waals surface area contributed by atoms with Gasteiger partial charge in [0.15, 0.2) is 0 Å². The quantitative estimate of drug-likeness (QED) is 0.832. The minimum Gasteiger partial charge on any atom is -0.496 e. The molecule has 0 aliphatic rings. The van der Waals surface area contributed by atoms with Crippen molar-refractivity contribution in [3.8, 4) is 5.75 Å². The van der Waals surface area contributed by atoms with Crippen LogP contribution in [0.5, 0.6) is 5.75 Å². The molecule has 0 aliphatic carbocycles. The predicted molar refractivity (Wildman–Crippen MR) is 57.4 cm³/mol. The van der Waals surface area contributed by atoms with Crippen molar-refractivity contribution in [3.63, 3.8) is 0 Å². The fraction of sp³-hybridized carbons (Fsp3) is 0.111. The van der Waals surface area contributed by atoms with Crippen molar-refractivity contribution in [2.75, 3.05) is 12.4 Å². The van der Waals surface area contributed by atoms with E-state index >= 15 is 0 Å². The van der Waals surface area contributed by atoms with Crippen LogP contribution in [0.15, 0.2) is 23.8 Å². The first kappa shape index (κ1) is 9.72. The van der Waals surface area contributed by atoms with Crippen molar-refractivity contribution in [3.05, 3.63) is 28.7 Å². The van der Waals surface area contributed by atoms with Crippen LogP contribution in [0, 0.1) is 0 Å². The van der Waals surface area contributed by atoms with Crippen LogP contribution in [0.3, 0.4) is 0 Å². The molecule has 0 aliphatic heterocycles. The van der Waals surface area contributed by atoms with E-state index in [-0.39, 0.29) is 5.91 Å². The number of amides is 1. The first-order valence-electron chi connectivity index (χ1n) is 4.22. The first-order valence-corrected chi connectivity index (χ1v) is 5.10. The van der Waals surface area contributed by atoms with Crippen LogP contribution in [0.1, 0.15) is 9.67 Å². The topological polar surface area (TPSA) is 67.0 Å². The van der Waals surface area contributed by atoms with Crippen molar-refractivity contribution < 1.29 is 9.53 Å². The zero-order valence-electron chi connectivity index (χ0n) is 7.98. The second kappa shape index (κ2) is 4.14. The summed E-state index contributed by atoms with van der Waals surface area (Å²) in [7, 11) is 1.57. The Morgan fingerprint density at radius 3 is 3.13 bits per heavy atom. The van der Waals surface area contributed by atoms with Gasteiger partial charge in [-0.3, -0.25) is 9.89 Å². The number of hydrogen-bond acceptors (Lipinski definition) is 4. The van der Waals surface area contributed by atoms with Crippen molar-refractivity contribution in [1.29, 1.82) is 0 Å². The van der Waals surface area contributed by atoms with Gasteiger partial charge >= 0.3 is 0 Å². The van der Waals surface area contributed by atoms with Gasteiger partial charge in [0, 0.05) is 17.6 Å². The maximum Gasteiger partial charge on any atom is 0.265 e.